The van der Waals surface area contributed by atoms with Crippen molar-refractivity contribution in [2.45, 2.75) is 31.8 Å². The van der Waals surface area contributed by atoms with Crippen LogP contribution in [0.25, 0.3) is 0 Å². The van der Waals surface area contributed by atoms with E-state index in [1.807, 2.05) is 0 Å². The van der Waals surface area contributed by atoms with Crippen LogP contribution in [0.3, 0.4) is 0 Å². The highest BCUT2D eigenvalue weighted by atomic mass is 127. The molecule has 0 saturated heterocycles. The summed E-state index contributed by atoms with van der Waals surface area (Å²) in [4.78, 5) is 0. The average molecular weight is 302 g/mol. The maximum atomic E-state index is 5.74. The molecule has 1 aliphatic carbocycles. The fourth-order valence-corrected chi connectivity index (χ4v) is 2.44. The molecule has 0 unspecified atom stereocenters. The summed E-state index contributed by atoms with van der Waals surface area (Å²) in [6, 6.07) is 7.48. The Bertz CT molecular complexity index is 332. The number of hydrogen-bond donors (Lipinski definition) is 2. The standard InChI is InChI=1S/C11H15IN2/c1-7-4-8(12)2-3-11(7)14-10-5-9(13)6-10/h2-4,9-10,14H,5-6,13H2,1H3. The summed E-state index contributed by atoms with van der Waals surface area (Å²) < 4.78 is 1.29. The predicted molar refractivity (Wildman–Crippen MR) is 68.5 cm³/mol. The molecule has 0 radical (unpaired) electrons. The number of benzene rings is 1. The molecule has 2 rings (SSSR count). The van der Waals surface area contributed by atoms with E-state index in [-0.39, 0.29) is 0 Å². The molecule has 0 spiro atoms. The zero-order valence-corrected chi connectivity index (χ0v) is 10.4. The number of rotatable bonds is 2. The van der Waals surface area contributed by atoms with Crippen LogP contribution in [0.15, 0.2) is 18.2 Å². The van der Waals surface area contributed by atoms with Gasteiger partial charge >= 0.3 is 0 Å². The fraction of sp³-hybridized carbons (Fsp3) is 0.455. The van der Waals surface area contributed by atoms with Crippen molar-refractivity contribution in [1.29, 1.82) is 0 Å². The Balaban J connectivity index is 2.02. The van der Waals surface area contributed by atoms with Gasteiger partial charge in [-0.3, -0.25) is 0 Å². The highest BCUT2D eigenvalue weighted by Gasteiger charge is 2.25. The molecule has 0 aromatic heterocycles. The third-order valence-electron chi connectivity index (χ3n) is 2.72. The fourth-order valence-electron chi connectivity index (χ4n) is 1.79. The molecule has 14 heavy (non-hydrogen) atoms. The molecule has 0 amide bonds. The van der Waals surface area contributed by atoms with Crippen LogP contribution in [0.2, 0.25) is 0 Å². The second kappa shape index (κ2) is 4.06. The van der Waals surface area contributed by atoms with E-state index in [1.54, 1.807) is 0 Å². The third kappa shape index (κ3) is 2.20. The molecule has 0 heterocycles. The van der Waals surface area contributed by atoms with Gasteiger partial charge in [-0.15, -0.1) is 0 Å². The van der Waals surface area contributed by atoms with E-state index >= 15 is 0 Å². The summed E-state index contributed by atoms with van der Waals surface area (Å²) in [5.74, 6) is 0. The zero-order chi connectivity index (χ0) is 10.1. The van der Waals surface area contributed by atoms with Gasteiger partial charge in [-0.1, -0.05) is 0 Å². The molecule has 1 aromatic rings. The van der Waals surface area contributed by atoms with Crippen LogP contribution < -0.4 is 11.1 Å². The zero-order valence-electron chi connectivity index (χ0n) is 8.26. The second-order valence-corrected chi connectivity index (χ2v) is 5.28. The smallest absolute Gasteiger partial charge is 0.0372 e. The van der Waals surface area contributed by atoms with Crippen LogP contribution in [-0.4, -0.2) is 12.1 Å². The highest BCUT2D eigenvalue weighted by molar-refractivity contribution is 14.1. The monoisotopic (exact) mass is 302 g/mol. The van der Waals surface area contributed by atoms with Crippen LogP contribution in [0, 0.1) is 10.5 Å². The Morgan fingerprint density at radius 2 is 2.14 bits per heavy atom. The van der Waals surface area contributed by atoms with E-state index in [4.69, 9.17) is 5.73 Å². The van der Waals surface area contributed by atoms with Crippen molar-refractivity contribution in [2.75, 3.05) is 5.32 Å². The van der Waals surface area contributed by atoms with E-state index < -0.39 is 0 Å². The first-order chi connectivity index (χ1) is 6.65. The lowest BCUT2D eigenvalue weighted by Gasteiger charge is -2.34. The number of hydrogen-bond acceptors (Lipinski definition) is 2. The molecule has 0 bridgehead atoms. The molecule has 1 aliphatic rings. The molecule has 3 N–H and O–H groups in total. The van der Waals surface area contributed by atoms with Gasteiger partial charge in [-0.25, -0.2) is 0 Å². The maximum absolute atomic E-state index is 5.74. The van der Waals surface area contributed by atoms with E-state index in [0.29, 0.717) is 12.1 Å². The van der Waals surface area contributed by atoms with Crippen molar-refractivity contribution in [2.24, 2.45) is 5.73 Å². The van der Waals surface area contributed by atoms with E-state index in [1.165, 1.54) is 14.8 Å². The summed E-state index contributed by atoms with van der Waals surface area (Å²) >= 11 is 2.33. The maximum Gasteiger partial charge on any atom is 0.0372 e. The molecule has 1 saturated carbocycles. The van der Waals surface area contributed by atoms with Gasteiger partial charge in [0.05, 0.1) is 0 Å². The van der Waals surface area contributed by atoms with Crippen molar-refractivity contribution in [1.82, 2.24) is 0 Å². The van der Waals surface area contributed by atoms with E-state index in [9.17, 15) is 0 Å². The predicted octanol–water partition coefficient (Wildman–Crippen LogP) is 2.50. The Kier molecular flexibility index (Phi) is 2.97. The Hall–Kier alpha value is -0.290. The third-order valence-corrected chi connectivity index (χ3v) is 3.39. The quantitative estimate of drug-likeness (QED) is 0.824. The average Bonchev–Trinajstić information content (AvgIpc) is 2.06. The molecule has 1 aromatic carbocycles. The van der Waals surface area contributed by atoms with Crippen molar-refractivity contribution in [3.8, 4) is 0 Å². The Morgan fingerprint density at radius 1 is 1.43 bits per heavy atom. The summed E-state index contributed by atoms with van der Waals surface area (Å²) in [5, 5.41) is 3.52. The summed E-state index contributed by atoms with van der Waals surface area (Å²) in [6.07, 6.45) is 2.21. The van der Waals surface area contributed by atoms with Gasteiger partial charge < -0.3 is 11.1 Å². The molecule has 0 aliphatic heterocycles. The SMILES string of the molecule is Cc1cc(I)ccc1NC1CC(N)C1. The normalized spacial score (nSPS) is 25.6. The van der Waals surface area contributed by atoms with Gasteiger partial charge in [0.2, 0.25) is 0 Å². The lowest BCUT2D eigenvalue weighted by atomic mass is 9.87. The van der Waals surface area contributed by atoms with Crippen LogP contribution >= 0.6 is 22.6 Å². The molecular formula is C11H15IN2. The van der Waals surface area contributed by atoms with Gasteiger partial charge in [-0.05, 0) is 66.1 Å². The van der Waals surface area contributed by atoms with E-state index in [2.05, 4.69) is 53.0 Å². The number of aryl methyl sites for hydroxylation is 1. The topological polar surface area (TPSA) is 38.0 Å². The van der Waals surface area contributed by atoms with Crippen LogP contribution in [-0.2, 0) is 0 Å². The minimum Gasteiger partial charge on any atom is -0.382 e. The highest BCUT2D eigenvalue weighted by Crippen LogP contribution is 2.25. The largest absolute Gasteiger partial charge is 0.382 e. The van der Waals surface area contributed by atoms with Gasteiger partial charge in [-0.2, -0.15) is 0 Å². The van der Waals surface area contributed by atoms with Crippen molar-refractivity contribution in [3.63, 3.8) is 0 Å². The van der Waals surface area contributed by atoms with Crippen LogP contribution in [0.4, 0.5) is 5.69 Å². The Morgan fingerprint density at radius 3 is 2.71 bits per heavy atom. The number of anilines is 1. The lowest BCUT2D eigenvalue weighted by molar-refractivity contribution is 0.373. The first-order valence-electron chi connectivity index (χ1n) is 4.93. The summed E-state index contributed by atoms with van der Waals surface area (Å²) in [6.45, 7) is 2.14. The Labute approximate surface area is 98.4 Å². The van der Waals surface area contributed by atoms with Crippen LogP contribution in [0.1, 0.15) is 18.4 Å². The molecule has 3 heteroatoms. The second-order valence-electron chi connectivity index (χ2n) is 4.03. The number of halogens is 1. The molecule has 76 valence electrons. The lowest BCUT2D eigenvalue weighted by Crippen LogP contribution is -2.44. The molecule has 2 nitrogen and oxygen atoms in total. The minimum absolute atomic E-state index is 0.414. The summed E-state index contributed by atoms with van der Waals surface area (Å²) in [5.41, 5.74) is 8.31. The van der Waals surface area contributed by atoms with Gasteiger partial charge in [0, 0.05) is 21.3 Å². The first kappa shape index (κ1) is 10.2. The van der Waals surface area contributed by atoms with E-state index in [0.717, 1.165) is 12.8 Å². The van der Waals surface area contributed by atoms with Gasteiger partial charge in [0.1, 0.15) is 0 Å². The van der Waals surface area contributed by atoms with Crippen LogP contribution in [0.5, 0.6) is 0 Å². The number of nitrogens with two attached hydrogens (primary N) is 1. The molecular weight excluding hydrogens is 287 g/mol. The van der Waals surface area contributed by atoms with Gasteiger partial charge in [0.25, 0.3) is 0 Å². The van der Waals surface area contributed by atoms with Crippen molar-refractivity contribution in [3.05, 3.63) is 27.3 Å². The van der Waals surface area contributed by atoms with Crippen molar-refractivity contribution < 1.29 is 0 Å². The van der Waals surface area contributed by atoms with Crippen molar-refractivity contribution >= 4 is 28.3 Å². The van der Waals surface area contributed by atoms with Gasteiger partial charge in [0.15, 0.2) is 0 Å². The summed E-state index contributed by atoms with van der Waals surface area (Å²) in [7, 11) is 0. The molecule has 0 atom stereocenters. The number of nitrogens with one attached hydrogen (secondary N) is 1. The minimum atomic E-state index is 0.414. The molecule has 1 fully saturated rings. The first-order valence-corrected chi connectivity index (χ1v) is 6.01.